The van der Waals surface area contributed by atoms with Crippen molar-refractivity contribution in [3.8, 4) is 0 Å². The standard InChI is InChI=1S/C13H20N2O5S/c1-3-4-13(12(16)17)5-6-15(9-13)21(18,19)8-11-7-10(2)20-14-11/h7H,3-6,8-9H2,1-2H3,(H,16,17). The number of rotatable bonds is 6. The number of hydrogen-bond acceptors (Lipinski definition) is 5. The molecular weight excluding hydrogens is 296 g/mol. The number of hydrogen-bond donors (Lipinski definition) is 1. The SMILES string of the molecule is CCCC1(C(=O)O)CCN(S(=O)(=O)Cc2cc(C)on2)C1. The quantitative estimate of drug-likeness (QED) is 0.851. The molecule has 0 saturated carbocycles. The average molecular weight is 316 g/mol. The zero-order valence-electron chi connectivity index (χ0n) is 12.2. The van der Waals surface area contributed by atoms with E-state index in [1.54, 1.807) is 13.0 Å². The van der Waals surface area contributed by atoms with Crippen LogP contribution in [0, 0.1) is 12.3 Å². The van der Waals surface area contributed by atoms with Crippen LogP contribution in [0.3, 0.4) is 0 Å². The summed E-state index contributed by atoms with van der Waals surface area (Å²) in [6.07, 6.45) is 1.55. The molecule has 1 aliphatic rings. The lowest BCUT2D eigenvalue weighted by molar-refractivity contribution is -0.148. The molecule has 1 fully saturated rings. The Morgan fingerprint density at radius 3 is 2.81 bits per heavy atom. The van der Waals surface area contributed by atoms with E-state index in [2.05, 4.69) is 5.16 Å². The summed E-state index contributed by atoms with van der Waals surface area (Å²) < 4.78 is 30.9. The molecule has 2 rings (SSSR count). The first-order valence-corrected chi connectivity index (χ1v) is 8.53. The average Bonchev–Trinajstić information content (AvgIpc) is 2.97. The lowest BCUT2D eigenvalue weighted by Crippen LogP contribution is -2.37. The Morgan fingerprint density at radius 1 is 1.57 bits per heavy atom. The van der Waals surface area contributed by atoms with Crippen molar-refractivity contribution in [3.63, 3.8) is 0 Å². The van der Waals surface area contributed by atoms with Crippen LogP contribution in [0.1, 0.15) is 37.6 Å². The second-order valence-electron chi connectivity index (χ2n) is 5.60. The predicted octanol–water partition coefficient (Wildman–Crippen LogP) is 1.39. The van der Waals surface area contributed by atoms with Crippen molar-refractivity contribution < 1.29 is 22.8 Å². The molecule has 2 heterocycles. The molecule has 1 N–H and O–H groups in total. The molecule has 0 aliphatic carbocycles. The van der Waals surface area contributed by atoms with Crippen molar-refractivity contribution in [1.82, 2.24) is 9.46 Å². The molecule has 7 nitrogen and oxygen atoms in total. The Balaban J connectivity index is 2.13. The molecule has 0 bridgehead atoms. The fourth-order valence-corrected chi connectivity index (χ4v) is 4.31. The number of nitrogens with zero attached hydrogens (tertiary/aromatic N) is 2. The maximum absolute atomic E-state index is 12.4. The van der Waals surface area contributed by atoms with E-state index in [9.17, 15) is 18.3 Å². The van der Waals surface area contributed by atoms with Gasteiger partial charge in [-0.15, -0.1) is 0 Å². The molecule has 0 amide bonds. The molecule has 0 spiro atoms. The molecule has 1 aromatic rings. The van der Waals surface area contributed by atoms with Crippen molar-refractivity contribution in [1.29, 1.82) is 0 Å². The highest BCUT2D eigenvalue weighted by atomic mass is 32.2. The van der Waals surface area contributed by atoms with Gasteiger partial charge in [-0.2, -0.15) is 0 Å². The summed E-state index contributed by atoms with van der Waals surface area (Å²) in [5.41, 5.74) is -0.613. The van der Waals surface area contributed by atoms with Crippen LogP contribution in [0.2, 0.25) is 0 Å². The molecule has 1 aliphatic heterocycles. The van der Waals surface area contributed by atoms with Crippen LogP contribution in [0.4, 0.5) is 0 Å². The van der Waals surface area contributed by atoms with Gasteiger partial charge >= 0.3 is 5.97 Å². The number of carboxylic acid groups (broad SMARTS) is 1. The Labute approximate surface area is 124 Å². The van der Waals surface area contributed by atoms with Gasteiger partial charge in [-0.25, -0.2) is 12.7 Å². The summed E-state index contributed by atoms with van der Waals surface area (Å²) in [5, 5.41) is 13.1. The zero-order chi connectivity index (χ0) is 15.7. The second-order valence-corrected chi connectivity index (χ2v) is 7.57. The molecule has 118 valence electrons. The van der Waals surface area contributed by atoms with E-state index in [1.165, 1.54) is 4.31 Å². The van der Waals surface area contributed by atoms with Gasteiger partial charge < -0.3 is 9.63 Å². The number of aryl methyl sites for hydroxylation is 1. The van der Waals surface area contributed by atoms with E-state index in [-0.39, 0.29) is 18.8 Å². The first-order valence-electron chi connectivity index (χ1n) is 6.92. The Bertz CT molecular complexity index is 624. The van der Waals surface area contributed by atoms with E-state index in [4.69, 9.17) is 4.52 Å². The van der Waals surface area contributed by atoms with Crippen LogP contribution in [-0.4, -0.2) is 42.0 Å². The van der Waals surface area contributed by atoms with Gasteiger partial charge in [0.2, 0.25) is 10.0 Å². The van der Waals surface area contributed by atoms with Crippen molar-refractivity contribution in [2.24, 2.45) is 5.41 Å². The molecule has 1 saturated heterocycles. The van der Waals surface area contributed by atoms with Crippen LogP contribution in [0.5, 0.6) is 0 Å². The van der Waals surface area contributed by atoms with Gasteiger partial charge in [0, 0.05) is 19.2 Å². The first kappa shape index (κ1) is 16.0. The summed E-state index contributed by atoms with van der Waals surface area (Å²) in [6, 6.07) is 1.57. The lowest BCUT2D eigenvalue weighted by Gasteiger charge is -2.23. The van der Waals surface area contributed by atoms with Gasteiger partial charge in [0.1, 0.15) is 17.2 Å². The van der Waals surface area contributed by atoms with E-state index >= 15 is 0 Å². The van der Waals surface area contributed by atoms with Gasteiger partial charge in [0.05, 0.1) is 5.41 Å². The van der Waals surface area contributed by atoms with Gasteiger partial charge in [0.25, 0.3) is 0 Å². The van der Waals surface area contributed by atoms with E-state index in [0.717, 1.165) is 0 Å². The van der Waals surface area contributed by atoms with Crippen LogP contribution in [-0.2, 0) is 20.6 Å². The van der Waals surface area contributed by atoms with Crippen molar-refractivity contribution >= 4 is 16.0 Å². The van der Waals surface area contributed by atoms with Gasteiger partial charge in [-0.1, -0.05) is 18.5 Å². The molecular formula is C13H20N2O5S. The molecule has 0 radical (unpaired) electrons. The maximum Gasteiger partial charge on any atom is 0.311 e. The minimum Gasteiger partial charge on any atom is -0.481 e. The smallest absolute Gasteiger partial charge is 0.311 e. The van der Waals surface area contributed by atoms with Crippen LogP contribution < -0.4 is 0 Å². The fraction of sp³-hybridized carbons (Fsp3) is 0.692. The van der Waals surface area contributed by atoms with E-state index in [0.29, 0.717) is 30.7 Å². The van der Waals surface area contributed by atoms with E-state index in [1.807, 2.05) is 6.92 Å². The normalized spacial score (nSPS) is 23.5. The van der Waals surface area contributed by atoms with Gasteiger partial charge in [-0.05, 0) is 19.8 Å². The van der Waals surface area contributed by atoms with Crippen molar-refractivity contribution in [2.45, 2.75) is 38.9 Å². The number of sulfonamides is 1. The van der Waals surface area contributed by atoms with E-state index < -0.39 is 21.4 Å². The molecule has 1 aromatic heterocycles. The zero-order valence-corrected chi connectivity index (χ0v) is 13.0. The van der Waals surface area contributed by atoms with Gasteiger partial charge in [-0.3, -0.25) is 4.79 Å². The minimum atomic E-state index is -3.58. The molecule has 1 unspecified atom stereocenters. The molecule has 21 heavy (non-hydrogen) atoms. The highest BCUT2D eigenvalue weighted by Gasteiger charge is 2.47. The van der Waals surface area contributed by atoms with Crippen LogP contribution >= 0.6 is 0 Å². The number of aliphatic carboxylic acids is 1. The van der Waals surface area contributed by atoms with Gasteiger partial charge in [0.15, 0.2) is 0 Å². The summed E-state index contributed by atoms with van der Waals surface area (Å²) in [6.45, 7) is 3.87. The summed E-state index contributed by atoms with van der Waals surface area (Å²) in [7, 11) is -3.58. The second kappa shape index (κ2) is 5.76. The van der Waals surface area contributed by atoms with Crippen LogP contribution in [0.25, 0.3) is 0 Å². The molecule has 0 aromatic carbocycles. The Kier molecular flexibility index (Phi) is 4.38. The third kappa shape index (κ3) is 3.26. The summed E-state index contributed by atoms with van der Waals surface area (Å²) in [5.74, 6) is -0.626. The lowest BCUT2D eigenvalue weighted by atomic mass is 9.83. The third-order valence-corrected chi connectivity index (χ3v) is 5.66. The van der Waals surface area contributed by atoms with Crippen molar-refractivity contribution in [2.75, 3.05) is 13.1 Å². The minimum absolute atomic E-state index is 0.0370. The fourth-order valence-electron chi connectivity index (χ4n) is 2.80. The number of aromatic nitrogens is 1. The molecule has 1 atom stereocenters. The number of carbonyl (C=O) groups is 1. The Hall–Kier alpha value is -1.41. The topological polar surface area (TPSA) is 101 Å². The largest absolute Gasteiger partial charge is 0.481 e. The summed E-state index contributed by atoms with van der Waals surface area (Å²) in [4.78, 5) is 11.5. The Morgan fingerprint density at radius 2 is 2.29 bits per heavy atom. The molecule has 8 heteroatoms. The highest BCUT2D eigenvalue weighted by molar-refractivity contribution is 7.88. The highest BCUT2D eigenvalue weighted by Crippen LogP contribution is 2.37. The predicted molar refractivity (Wildman–Crippen MR) is 75.0 cm³/mol. The third-order valence-electron chi connectivity index (χ3n) is 3.90. The maximum atomic E-state index is 12.4. The summed E-state index contributed by atoms with van der Waals surface area (Å²) >= 11 is 0. The van der Waals surface area contributed by atoms with Crippen LogP contribution in [0.15, 0.2) is 10.6 Å². The monoisotopic (exact) mass is 316 g/mol. The number of carboxylic acids is 1. The first-order chi connectivity index (χ1) is 9.79. The van der Waals surface area contributed by atoms with Crippen molar-refractivity contribution in [3.05, 3.63) is 17.5 Å².